The molecule has 2 aromatic rings. The van der Waals surface area contributed by atoms with Crippen molar-refractivity contribution in [2.75, 3.05) is 5.75 Å². The van der Waals surface area contributed by atoms with E-state index in [1.165, 1.54) is 18.2 Å². The van der Waals surface area contributed by atoms with E-state index < -0.39 is 16.6 Å². The molecule has 0 fully saturated rings. The molecular weight excluding hydrogens is 297 g/mol. The Morgan fingerprint density at radius 1 is 1.30 bits per heavy atom. The minimum absolute atomic E-state index is 0.0275. The Balaban J connectivity index is 2.15. The summed E-state index contributed by atoms with van der Waals surface area (Å²) in [5.74, 6) is -0.247. The van der Waals surface area contributed by atoms with E-state index in [0.29, 0.717) is 4.90 Å². The minimum atomic E-state index is -1.32. The first-order valence-corrected chi connectivity index (χ1v) is 7.83. The summed E-state index contributed by atoms with van der Waals surface area (Å²) in [5.41, 5.74) is 8.13. The van der Waals surface area contributed by atoms with E-state index in [4.69, 9.17) is 17.3 Å². The van der Waals surface area contributed by atoms with Gasteiger partial charge in [-0.15, -0.1) is 0 Å². The van der Waals surface area contributed by atoms with Gasteiger partial charge in [-0.05, 0) is 36.2 Å². The van der Waals surface area contributed by atoms with E-state index >= 15 is 0 Å². The molecule has 5 heteroatoms. The minimum Gasteiger partial charge on any atom is -0.323 e. The van der Waals surface area contributed by atoms with Gasteiger partial charge in [0.15, 0.2) is 0 Å². The molecule has 0 aromatic heterocycles. The van der Waals surface area contributed by atoms with Crippen molar-refractivity contribution in [3.63, 3.8) is 0 Å². The maximum atomic E-state index is 13.1. The van der Waals surface area contributed by atoms with Gasteiger partial charge >= 0.3 is 0 Å². The van der Waals surface area contributed by atoms with Gasteiger partial charge in [-0.3, -0.25) is 4.21 Å². The molecule has 106 valence electrons. The van der Waals surface area contributed by atoms with Crippen LogP contribution in [0.5, 0.6) is 0 Å². The highest BCUT2D eigenvalue weighted by Crippen LogP contribution is 2.22. The van der Waals surface area contributed by atoms with Crippen molar-refractivity contribution in [2.24, 2.45) is 5.73 Å². The van der Waals surface area contributed by atoms with E-state index in [9.17, 15) is 8.60 Å². The Hall–Kier alpha value is -1.23. The average molecular weight is 312 g/mol. The average Bonchev–Trinajstić information content (AvgIpc) is 2.42. The van der Waals surface area contributed by atoms with Crippen LogP contribution in [0.3, 0.4) is 0 Å². The van der Waals surface area contributed by atoms with E-state index in [2.05, 4.69) is 0 Å². The number of aryl methyl sites for hydroxylation is 1. The fourth-order valence-corrected chi connectivity index (χ4v) is 3.38. The predicted octanol–water partition coefficient (Wildman–Crippen LogP) is 3.60. The molecule has 0 aliphatic heterocycles. The van der Waals surface area contributed by atoms with Crippen LogP contribution in [0, 0.1) is 12.7 Å². The first-order chi connectivity index (χ1) is 9.49. The second-order valence-corrected chi connectivity index (χ2v) is 6.45. The number of halogens is 2. The van der Waals surface area contributed by atoms with Crippen LogP contribution in [0.15, 0.2) is 47.4 Å². The fraction of sp³-hybridized carbons (Fsp3) is 0.200. The lowest BCUT2D eigenvalue weighted by Crippen LogP contribution is -2.19. The highest BCUT2D eigenvalue weighted by atomic mass is 35.5. The summed E-state index contributed by atoms with van der Waals surface area (Å²) < 4.78 is 25.3. The third kappa shape index (κ3) is 3.45. The van der Waals surface area contributed by atoms with E-state index in [1.54, 1.807) is 0 Å². The quantitative estimate of drug-likeness (QED) is 0.937. The normalized spacial score (nSPS) is 14.0. The molecular formula is C15H15ClFNOS. The van der Waals surface area contributed by atoms with Crippen molar-refractivity contribution in [3.8, 4) is 0 Å². The molecule has 0 spiro atoms. The molecule has 0 aliphatic rings. The van der Waals surface area contributed by atoms with Gasteiger partial charge < -0.3 is 5.73 Å². The lowest BCUT2D eigenvalue weighted by molar-refractivity contribution is 0.626. The Morgan fingerprint density at radius 3 is 2.65 bits per heavy atom. The number of benzene rings is 2. The van der Waals surface area contributed by atoms with Crippen LogP contribution in [0.2, 0.25) is 5.02 Å². The first-order valence-electron chi connectivity index (χ1n) is 6.13. The van der Waals surface area contributed by atoms with Crippen molar-refractivity contribution in [3.05, 3.63) is 64.4 Å². The van der Waals surface area contributed by atoms with Crippen LogP contribution < -0.4 is 5.73 Å². The van der Waals surface area contributed by atoms with Crippen LogP contribution in [0.1, 0.15) is 17.2 Å². The third-order valence-corrected chi connectivity index (χ3v) is 4.80. The molecule has 2 rings (SSSR count). The number of rotatable bonds is 4. The second kappa shape index (κ2) is 6.48. The van der Waals surface area contributed by atoms with Gasteiger partial charge in [0.25, 0.3) is 0 Å². The van der Waals surface area contributed by atoms with Crippen LogP contribution in [0.25, 0.3) is 0 Å². The molecule has 0 saturated heterocycles. The standard InChI is InChI=1S/C15H15ClFNOS/c1-10-4-2-3-5-12(10)15(18)9-20(19)11-6-7-14(17)13(16)8-11/h2-8,15H,9,18H2,1H3. The second-order valence-electron chi connectivity index (χ2n) is 4.55. The maximum Gasteiger partial charge on any atom is 0.141 e. The molecule has 20 heavy (non-hydrogen) atoms. The van der Waals surface area contributed by atoms with Crippen LogP contribution >= 0.6 is 11.6 Å². The largest absolute Gasteiger partial charge is 0.323 e. The van der Waals surface area contributed by atoms with Crippen molar-refractivity contribution in [1.82, 2.24) is 0 Å². The molecule has 2 atom stereocenters. The zero-order chi connectivity index (χ0) is 14.7. The fourth-order valence-electron chi connectivity index (χ4n) is 1.97. The number of hydrogen-bond acceptors (Lipinski definition) is 2. The molecule has 2 nitrogen and oxygen atoms in total. The number of hydrogen-bond donors (Lipinski definition) is 1. The van der Waals surface area contributed by atoms with Crippen LogP contribution in [0.4, 0.5) is 4.39 Å². The lowest BCUT2D eigenvalue weighted by Gasteiger charge is -2.14. The van der Waals surface area contributed by atoms with Crippen LogP contribution in [-0.2, 0) is 10.8 Å². The van der Waals surface area contributed by atoms with Gasteiger partial charge in [0.05, 0.1) is 15.8 Å². The highest BCUT2D eigenvalue weighted by Gasteiger charge is 2.14. The topological polar surface area (TPSA) is 43.1 Å². The highest BCUT2D eigenvalue weighted by molar-refractivity contribution is 7.85. The van der Waals surface area contributed by atoms with E-state index in [0.717, 1.165) is 11.1 Å². The van der Waals surface area contributed by atoms with Gasteiger partial charge in [0.2, 0.25) is 0 Å². The summed E-state index contributed by atoms with van der Waals surface area (Å²) in [6.45, 7) is 1.97. The molecule has 0 bridgehead atoms. The molecule has 2 aromatic carbocycles. The zero-order valence-electron chi connectivity index (χ0n) is 11.0. The Morgan fingerprint density at radius 2 is 2.00 bits per heavy atom. The van der Waals surface area contributed by atoms with Crippen molar-refractivity contribution in [2.45, 2.75) is 17.9 Å². The van der Waals surface area contributed by atoms with Gasteiger partial charge in [0.1, 0.15) is 5.82 Å². The molecule has 2 unspecified atom stereocenters. The summed E-state index contributed by atoms with van der Waals surface area (Å²) in [6, 6.07) is 11.5. The summed E-state index contributed by atoms with van der Waals surface area (Å²) >= 11 is 5.70. The monoisotopic (exact) mass is 311 g/mol. The molecule has 0 amide bonds. The Bertz CT molecular complexity index is 648. The summed E-state index contributed by atoms with van der Waals surface area (Å²) in [6.07, 6.45) is 0. The van der Waals surface area contributed by atoms with E-state index in [-0.39, 0.29) is 16.8 Å². The third-order valence-electron chi connectivity index (χ3n) is 3.07. The summed E-state index contributed by atoms with van der Waals surface area (Å²) in [4.78, 5) is 0.487. The smallest absolute Gasteiger partial charge is 0.141 e. The van der Waals surface area contributed by atoms with Crippen molar-refractivity contribution >= 4 is 22.4 Å². The molecule has 2 N–H and O–H groups in total. The van der Waals surface area contributed by atoms with Gasteiger partial charge in [-0.1, -0.05) is 35.9 Å². The SMILES string of the molecule is Cc1ccccc1C(N)CS(=O)c1ccc(F)c(Cl)c1. The molecule has 0 saturated carbocycles. The molecule has 0 heterocycles. The van der Waals surface area contributed by atoms with Gasteiger partial charge in [-0.25, -0.2) is 4.39 Å². The van der Waals surface area contributed by atoms with Crippen molar-refractivity contribution < 1.29 is 8.60 Å². The van der Waals surface area contributed by atoms with E-state index in [1.807, 2.05) is 31.2 Å². The maximum absolute atomic E-state index is 13.1. The summed E-state index contributed by atoms with van der Waals surface area (Å²) in [7, 11) is -1.32. The summed E-state index contributed by atoms with van der Waals surface area (Å²) in [5, 5.41) is -0.0275. The lowest BCUT2D eigenvalue weighted by atomic mass is 10.0. The first kappa shape index (κ1) is 15.2. The van der Waals surface area contributed by atoms with Crippen molar-refractivity contribution in [1.29, 1.82) is 0 Å². The Kier molecular flexibility index (Phi) is 4.91. The predicted molar refractivity (Wildman–Crippen MR) is 80.8 cm³/mol. The molecule has 0 aliphatic carbocycles. The Labute approximate surface area is 125 Å². The van der Waals surface area contributed by atoms with Crippen LogP contribution in [-0.4, -0.2) is 9.96 Å². The number of nitrogens with two attached hydrogens (primary N) is 1. The van der Waals surface area contributed by atoms with Gasteiger partial charge in [-0.2, -0.15) is 0 Å². The van der Waals surface area contributed by atoms with Gasteiger partial charge in [0, 0.05) is 16.7 Å². The zero-order valence-corrected chi connectivity index (χ0v) is 12.5. The molecule has 0 radical (unpaired) electrons.